The van der Waals surface area contributed by atoms with E-state index in [9.17, 15) is 0 Å². The van der Waals surface area contributed by atoms with Crippen LogP contribution in [0, 0.1) is 5.41 Å². The number of allylic oxidation sites excluding steroid dienone is 2. The van der Waals surface area contributed by atoms with Crippen molar-refractivity contribution in [3.8, 4) is 0 Å². The Labute approximate surface area is 68.0 Å². The van der Waals surface area contributed by atoms with Gasteiger partial charge in [0.1, 0.15) is 5.84 Å². The molecule has 2 nitrogen and oxygen atoms in total. The van der Waals surface area contributed by atoms with E-state index in [1.54, 1.807) is 29.3 Å². The molecule has 0 aliphatic rings. The molecule has 11 heavy (non-hydrogen) atoms. The summed E-state index contributed by atoms with van der Waals surface area (Å²) in [7, 11) is 0. The van der Waals surface area contributed by atoms with E-state index >= 15 is 0 Å². The maximum atomic E-state index is 7.47. The summed E-state index contributed by atoms with van der Waals surface area (Å²) in [6, 6.07) is 0. The van der Waals surface area contributed by atoms with E-state index in [1.807, 2.05) is 6.92 Å². The van der Waals surface area contributed by atoms with Gasteiger partial charge < -0.3 is 4.90 Å². The highest BCUT2D eigenvalue weighted by atomic mass is 15.1. The van der Waals surface area contributed by atoms with Gasteiger partial charge in [0.2, 0.25) is 0 Å². The lowest BCUT2D eigenvalue weighted by atomic mass is 10.4. The van der Waals surface area contributed by atoms with Crippen molar-refractivity contribution >= 4 is 5.84 Å². The Hall–Kier alpha value is -1.31. The minimum Gasteiger partial charge on any atom is -0.334 e. The second-order valence-electron chi connectivity index (χ2n) is 1.95. The topological polar surface area (TPSA) is 27.1 Å². The maximum Gasteiger partial charge on any atom is 0.124 e. The number of rotatable bonds is 4. The average molecular weight is 150 g/mol. The first-order valence-electron chi connectivity index (χ1n) is 3.53. The Balaban J connectivity index is 4.09. The highest BCUT2D eigenvalue weighted by Gasteiger charge is 1.96. The molecule has 0 aromatic heterocycles. The van der Waals surface area contributed by atoms with Crippen molar-refractivity contribution in [3.05, 3.63) is 37.6 Å². The van der Waals surface area contributed by atoms with Crippen LogP contribution in [0.15, 0.2) is 37.6 Å². The predicted molar refractivity (Wildman–Crippen MR) is 49.6 cm³/mol. The van der Waals surface area contributed by atoms with Crippen molar-refractivity contribution in [1.29, 1.82) is 5.41 Å². The van der Waals surface area contributed by atoms with Gasteiger partial charge in [-0.15, -0.1) is 0 Å². The molecule has 0 aliphatic carbocycles. The fourth-order valence-corrected chi connectivity index (χ4v) is 0.653. The van der Waals surface area contributed by atoms with Crippen LogP contribution in [0.25, 0.3) is 0 Å². The molecule has 0 atom stereocenters. The molecule has 0 saturated heterocycles. The number of nitrogens with one attached hydrogen (secondary N) is 1. The van der Waals surface area contributed by atoms with Crippen LogP contribution in [0.5, 0.6) is 0 Å². The summed E-state index contributed by atoms with van der Waals surface area (Å²) < 4.78 is 0. The van der Waals surface area contributed by atoms with Crippen LogP contribution in [0.1, 0.15) is 6.92 Å². The average Bonchev–Trinajstić information content (AvgIpc) is 2.03. The van der Waals surface area contributed by atoms with Crippen LogP contribution < -0.4 is 0 Å². The van der Waals surface area contributed by atoms with Gasteiger partial charge in [-0.05, 0) is 19.2 Å². The van der Waals surface area contributed by atoms with E-state index in [-0.39, 0.29) is 0 Å². The minimum absolute atomic E-state index is 0.433. The second kappa shape index (κ2) is 5.47. The fourth-order valence-electron chi connectivity index (χ4n) is 0.653. The third-order valence-electron chi connectivity index (χ3n) is 1.26. The van der Waals surface area contributed by atoms with E-state index in [2.05, 4.69) is 13.2 Å². The van der Waals surface area contributed by atoms with Gasteiger partial charge in [-0.3, -0.25) is 5.41 Å². The molecule has 0 amide bonds. The Morgan fingerprint density at radius 3 is 2.55 bits per heavy atom. The van der Waals surface area contributed by atoms with Crippen LogP contribution in [0.4, 0.5) is 0 Å². The molecule has 0 rings (SSSR count). The van der Waals surface area contributed by atoms with E-state index in [0.29, 0.717) is 5.84 Å². The summed E-state index contributed by atoms with van der Waals surface area (Å²) in [5.74, 6) is 0.433. The molecule has 0 heterocycles. The third kappa shape index (κ3) is 3.40. The third-order valence-corrected chi connectivity index (χ3v) is 1.26. The zero-order valence-corrected chi connectivity index (χ0v) is 6.88. The first-order valence-corrected chi connectivity index (χ1v) is 3.53. The highest BCUT2D eigenvalue weighted by Crippen LogP contribution is 1.91. The molecular formula is C9H14N2. The van der Waals surface area contributed by atoms with Crippen molar-refractivity contribution in [2.24, 2.45) is 0 Å². The van der Waals surface area contributed by atoms with E-state index < -0.39 is 0 Å². The largest absolute Gasteiger partial charge is 0.334 e. The molecule has 0 unspecified atom stereocenters. The van der Waals surface area contributed by atoms with Crippen molar-refractivity contribution in [1.82, 2.24) is 4.90 Å². The summed E-state index contributed by atoms with van der Waals surface area (Å²) in [6.07, 6.45) is 6.69. The first kappa shape index (κ1) is 9.69. The van der Waals surface area contributed by atoms with Gasteiger partial charge in [0.05, 0.1) is 0 Å². The van der Waals surface area contributed by atoms with Crippen LogP contribution in [-0.2, 0) is 0 Å². The monoisotopic (exact) mass is 150 g/mol. The molecule has 0 aromatic carbocycles. The molecule has 2 heteroatoms. The van der Waals surface area contributed by atoms with Crippen molar-refractivity contribution in [3.63, 3.8) is 0 Å². The Morgan fingerprint density at radius 1 is 1.55 bits per heavy atom. The highest BCUT2D eigenvalue weighted by molar-refractivity contribution is 5.91. The number of hydrogen-bond donors (Lipinski definition) is 1. The van der Waals surface area contributed by atoms with Gasteiger partial charge in [-0.2, -0.15) is 0 Å². The molecule has 0 aromatic rings. The van der Waals surface area contributed by atoms with Crippen molar-refractivity contribution in [2.75, 3.05) is 6.54 Å². The van der Waals surface area contributed by atoms with Gasteiger partial charge in [0, 0.05) is 6.54 Å². The quantitative estimate of drug-likeness (QED) is 0.371. The van der Waals surface area contributed by atoms with Crippen LogP contribution in [-0.4, -0.2) is 17.3 Å². The fraction of sp³-hybridized carbons (Fsp3) is 0.222. The summed E-state index contributed by atoms with van der Waals surface area (Å²) in [6.45, 7) is 9.84. The molecular weight excluding hydrogens is 136 g/mol. The van der Waals surface area contributed by atoms with Gasteiger partial charge >= 0.3 is 0 Å². The molecule has 0 fully saturated rings. The summed E-state index contributed by atoms with van der Waals surface area (Å²) in [5, 5.41) is 7.47. The number of likely N-dealkylation sites (N-methyl/N-ethyl adjacent to an activating group) is 1. The van der Waals surface area contributed by atoms with Crippen molar-refractivity contribution in [2.45, 2.75) is 6.92 Å². The van der Waals surface area contributed by atoms with E-state index in [1.165, 1.54) is 0 Å². The first-order chi connectivity index (χ1) is 5.26. The number of nitrogens with zero attached hydrogens (tertiary/aromatic N) is 1. The number of amidine groups is 1. The molecule has 1 N–H and O–H groups in total. The van der Waals surface area contributed by atoms with Gasteiger partial charge in [-0.1, -0.05) is 25.3 Å². The van der Waals surface area contributed by atoms with Crippen LogP contribution >= 0.6 is 0 Å². The summed E-state index contributed by atoms with van der Waals surface area (Å²) in [5.41, 5.74) is 0. The van der Waals surface area contributed by atoms with Crippen LogP contribution in [0.2, 0.25) is 0 Å². The minimum atomic E-state index is 0.433. The van der Waals surface area contributed by atoms with E-state index in [4.69, 9.17) is 5.41 Å². The molecule has 0 aliphatic heterocycles. The second-order valence-corrected chi connectivity index (χ2v) is 1.95. The predicted octanol–water partition coefficient (Wildman–Crippen LogP) is 2.17. The summed E-state index contributed by atoms with van der Waals surface area (Å²) >= 11 is 0. The SMILES string of the molecule is C=C/C=C\C(=N)N(C=C)CC. The molecule has 0 bridgehead atoms. The lowest BCUT2D eigenvalue weighted by Gasteiger charge is -2.14. The van der Waals surface area contributed by atoms with Crippen LogP contribution in [0.3, 0.4) is 0 Å². The Morgan fingerprint density at radius 2 is 2.18 bits per heavy atom. The maximum absolute atomic E-state index is 7.47. The molecule has 0 saturated carbocycles. The van der Waals surface area contributed by atoms with Gasteiger partial charge in [-0.25, -0.2) is 0 Å². The van der Waals surface area contributed by atoms with Gasteiger partial charge in [0.25, 0.3) is 0 Å². The zero-order valence-electron chi connectivity index (χ0n) is 6.88. The van der Waals surface area contributed by atoms with Crippen molar-refractivity contribution < 1.29 is 0 Å². The van der Waals surface area contributed by atoms with E-state index in [0.717, 1.165) is 6.54 Å². The molecule has 60 valence electrons. The summed E-state index contributed by atoms with van der Waals surface area (Å²) in [4.78, 5) is 1.74. The molecule has 0 spiro atoms. The zero-order chi connectivity index (χ0) is 8.69. The smallest absolute Gasteiger partial charge is 0.124 e. The standard InChI is InChI=1S/C9H14N2/c1-4-7-8-9(10)11(5-2)6-3/h4-5,7-8,10H,1-2,6H2,3H3/b8-7-,10-9?. The normalized spacial score (nSPS) is 9.55. The van der Waals surface area contributed by atoms with Gasteiger partial charge in [0.15, 0.2) is 0 Å². The Kier molecular flexibility index (Phi) is 4.82. The lowest BCUT2D eigenvalue weighted by Crippen LogP contribution is -2.21. The molecule has 0 radical (unpaired) electrons. The lowest BCUT2D eigenvalue weighted by molar-refractivity contribution is 0.591. The number of hydrogen-bond acceptors (Lipinski definition) is 1. The Bertz CT molecular complexity index is 180.